The van der Waals surface area contributed by atoms with Gasteiger partial charge in [0.15, 0.2) is 5.84 Å². The molecule has 0 saturated heterocycles. The van der Waals surface area contributed by atoms with Crippen LogP contribution in [0.5, 0.6) is 0 Å². The maximum atomic E-state index is 12.1. The Labute approximate surface area is 116 Å². The van der Waals surface area contributed by atoms with Crippen LogP contribution in [-0.2, 0) is 4.79 Å². The molecule has 19 heavy (non-hydrogen) atoms. The van der Waals surface area contributed by atoms with E-state index in [1.54, 1.807) is 6.92 Å². The first-order valence-corrected chi connectivity index (χ1v) is 6.76. The first-order valence-electron chi connectivity index (χ1n) is 6.76. The molecule has 0 aliphatic carbocycles. The molecule has 0 fully saturated rings. The van der Waals surface area contributed by atoms with E-state index in [1.165, 1.54) is 0 Å². The number of carbonyl (C=O) groups is 1. The molecule has 0 heterocycles. The number of amides is 1. The highest BCUT2D eigenvalue weighted by molar-refractivity contribution is 6.06. The number of rotatable bonds is 8. The SMILES string of the molecule is CCC(C)(C(=O)NCCCN(C)C(C)C)C(N)=NO. The third-order valence-corrected chi connectivity index (χ3v) is 3.74. The Kier molecular flexibility index (Phi) is 7.44. The molecule has 0 saturated carbocycles. The van der Waals surface area contributed by atoms with Crippen LogP contribution in [-0.4, -0.2) is 48.0 Å². The zero-order chi connectivity index (χ0) is 15.1. The van der Waals surface area contributed by atoms with Crippen molar-refractivity contribution in [2.45, 2.75) is 46.6 Å². The van der Waals surface area contributed by atoms with Crippen LogP contribution in [0.25, 0.3) is 0 Å². The van der Waals surface area contributed by atoms with Gasteiger partial charge in [-0.3, -0.25) is 4.79 Å². The number of hydrogen-bond donors (Lipinski definition) is 3. The Bertz CT molecular complexity index is 318. The standard InChI is InChI=1S/C13H28N4O2/c1-6-13(4,11(14)16-19)12(18)15-8-7-9-17(5)10(2)3/h10,19H,6-9H2,1-5H3,(H2,14,16)(H,15,18). The molecule has 1 unspecified atom stereocenters. The Balaban J connectivity index is 4.24. The van der Waals surface area contributed by atoms with Gasteiger partial charge < -0.3 is 21.2 Å². The minimum atomic E-state index is -0.946. The van der Waals surface area contributed by atoms with E-state index >= 15 is 0 Å². The van der Waals surface area contributed by atoms with Crippen LogP contribution in [0, 0.1) is 5.41 Å². The number of hydrogen-bond acceptors (Lipinski definition) is 4. The Morgan fingerprint density at radius 1 is 1.53 bits per heavy atom. The third kappa shape index (κ3) is 5.06. The van der Waals surface area contributed by atoms with E-state index in [1.807, 2.05) is 6.92 Å². The fourth-order valence-corrected chi connectivity index (χ4v) is 1.55. The summed E-state index contributed by atoms with van der Waals surface area (Å²) >= 11 is 0. The number of nitrogens with two attached hydrogens (primary N) is 1. The predicted molar refractivity (Wildman–Crippen MR) is 77.2 cm³/mol. The molecule has 0 spiro atoms. The Hall–Kier alpha value is -1.30. The minimum Gasteiger partial charge on any atom is -0.409 e. The van der Waals surface area contributed by atoms with Gasteiger partial charge in [-0.2, -0.15) is 0 Å². The highest BCUT2D eigenvalue weighted by Gasteiger charge is 2.35. The van der Waals surface area contributed by atoms with Gasteiger partial charge in [-0.05, 0) is 47.2 Å². The lowest BCUT2D eigenvalue weighted by Gasteiger charge is -2.26. The van der Waals surface area contributed by atoms with Crippen molar-refractivity contribution in [1.29, 1.82) is 0 Å². The summed E-state index contributed by atoms with van der Waals surface area (Å²) < 4.78 is 0. The zero-order valence-electron chi connectivity index (χ0n) is 12.7. The van der Waals surface area contributed by atoms with Crippen LogP contribution in [0.15, 0.2) is 5.16 Å². The van der Waals surface area contributed by atoms with Crippen molar-refractivity contribution in [3.8, 4) is 0 Å². The fourth-order valence-electron chi connectivity index (χ4n) is 1.55. The zero-order valence-corrected chi connectivity index (χ0v) is 12.7. The highest BCUT2D eigenvalue weighted by atomic mass is 16.4. The van der Waals surface area contributed by atoms with Gasteiger partial charge in [-0.1, -0.05) is 12.1 Å². The summed E-state index contributed by atoms with van der Waals surface area (Å²) in [5.74, 6) is -0.246. The van der Waals surface area contributed by atoms with Gasteiger partial charge >= 0.3 is 0 Å². The number of nitrogens with zero attached hydrogens (tertiary/aromatic N) is 2. The summed E-state index contributed by atoms with van der Waals surface area (Å²) in [5, 5.41) is 14.5. The average molecular weight is 272 g/mol. The molecule has 0 aliphatic heterocycles. The minimum absolute atomic E-state index is 0.0493. The second kappa shape index (κ2) is 7.99. The monoisotopic (exact) mass is 272 g/mol. The Morgan fingerprint density at radius 3 is 2.53 bits per heavy atom. The molecule has 4 N–H and O–H groups in total. The number of oxime groups is 1. The summed E-state index contributed by atoms with van der Waals surface area (Å²) in [7, 11) is 2.05. The van der Waals surface area contributed by atoms with Crippen molar-refractivity contribution < 1.29 is 10.0 Å². The molecule has 1 amide bonds. The maximum Gasteiger partial charge on any atom is 0.233 e. The van der Waals surface area contributed by atoms with Crippen LogP contribution >= 0.6 is 0 Å². The van der Waals surface area contributed by atoms with Gasteiger partial charge in [-0.25, -0.2) is 0 Å². The van der Waals surface area contributed by atoms with Crippen molar-refractivity contribution in [2.75, 3.05) is 20.1 Å². The summed E-state index contributed by atoms with van der Waals surface area (Å²) in [6.45, 7) is 9.28. The van der Waals surface area contributed by atoms with Gasteiger partial charge in [0.25, 0.3) is 0 Å². The van der Waals surface area contributed by atoms with Crippen molar-refractivity contribution in [1.82, 2.24) is 10.2 Å². The smallest absolute Gasteiger partial charge is 0.233 e. The van der Waals surface area contributed by atoms with E-state index < -0.39 is 5.41 Å². The first kappa shape index (κ1) is 17.7. The van der Waals surface area contributed by atoms with Crippen LogP contribution in [0.2, 0.25) is 0 Å². The van der Waals surface area contributed by atoms with E-state index in [-0.39, 0.29) is 11.7 Å². The third-order valence-electron chi connectivity index (χ3n) is 3.74. The molecule has 112 valence electrons. The lowest BCUT2D eigenvalue weighted by atomic mass is 9.85. The second-order valence-corrected chi connectivity index (χ2v) is 5.35. The summed E-state index contributed by atoms with van der Waals surface area (Å²) in [5.41, 5.74) is 4.64. The van der Waals surface area contributed by atoms with E-state index in [0.717, 1.165) is 13.0 Å². The topological polar surface area (TPSA) is 91.0 Å². The van der Waals surface area contributed by atoms with Gasteiger partial charge in [0, 0.05) is 12.6 Å². The molecule has 0 aromatic heterocycles. The molecular formula is C13H28N4O2. The van der Waals surface area contributed by atoms with Crippen molar-refractivity contribution in [3.05, 3.63) is 0 Å². The molecule has 0 rings (SSSR count). The first-order chi connectivity index (χ1) is 8.79. The number of carbonyl (C=O) groups excluding carboxylic acids is 1. The molecule has 0 radical (unpaired) electrons. The van der Waals surface area contributed by atoms with Crippen LogP contribution < -0.4 is 11.1 Å². The van der Waals surface area contributed by atoms with E-state index in [9.17, 15) is 4.79 Å². The molecule has 0 aliphatic rings. The summed E-state index contributed by atoms with van der Waals surface area (Å²) in [6.07, 6.45) is 1.36. The largest absolute Gasteiger partial charge is 0.409 e. The molecule has 1 atom stereocenters. The van der Waals surface area contributed by atoms with Crippen LogP contribution in [0.1, 0.15) is 40.5 Å². The van der Waals surface area contributed by atoms with E-state index in [2.05, 4.69) is 36.3 Å². The van der Waals surface area contributed by atoms with Crippen molar-refractivity contribution >= 4 is 11.7 Å². The van der Waals surface area contributed by atoms with Gasteiger partial charge in [0.05, 0.1) is 0 Å². The fraction of sp³-hybridized carbons (Fsp3) is 0.846. The summed E-state index contributed by atoms with van der Waals surface area (Å²) in [4.78, 5) is 14.3. The number of nitrogens with one attached hydrogen (secondary N) is 1. The quantitative estimate of drug-likeness (QED) is 0.202. The lowest BCUT2D eigenvalue weighted by molar-refractivity contribution is -0.127. The van der Waals surface area contributed by atoms with Crippen molar-refractivity contribution in [3.63, 3.8) is 0 Å². The molecule has 6 heteroatoms. The van der Waals surface area contributed by atoms with Gasteiger partial charge in [-0.15, -0.1) is 0 Å². The van der Waals surface area contributed by atoms with E-state index in [0.29, 0.717) is 19.0 Å². The lowest BCUT2D eigenvalue weighted by Crippen LogP contribution is -2.48. The molecule has 6 nitrogen and oxygen atoms in total. The van der Waals surface area contributed by atoms with Crippen LogP contribution in [0.3, 0.4) is 0 Å². The molecular weight excluding hydrogens is 244 g/mol. The number of amidine groups is 1. The maximum absolute atomic E-state index is 12.1. The Morgan fingerprint density at radius 2 is 2.11 bits per heavy atom. The average Bonchev–Trinajstić information content (AvgIpc) is 2.40. The second-order valence-electron chi connectivity index (χ2n) is 5.35. The highest BCUT2D eigenvalue weighted by Crippen LogP contribution is 2.21. The van der Waals surface area contributed by atoms with Gasteiger partial charge in [0.1, 0.15) is 5.41 Å². The van der Waals surface area contributed by atoms with E-state index in [4.69, 9.17) is 10.9 Å². The van der Waals surface area contributed by atoms with Crippen LogP contribution in [0.4, 0.5) is 0 Å². The summed E-state index contributed by atoms with van der Waals surface area (Å²) in [6, 6.07) is 0.494. The molecule has 0 aromatic carbocycles. The molecule has 0 aromatic rings. The predicted octanol–water partition coefficient (Wildman–Crippen LogP) is 0.996. The molecule has 0 bridgehead atoms. The normalized spacial score (nSPS) is 15.6. The van der Waals surface area contributed by atoms with Gasteiger partial charge in [0.2, 0.25) is 5.91 Å². The van der Waals surface area contributed by atoms with Crippen molar-refractivity contribution in [2.24, 2.45) is 16.3 Å².